The van der Waals surface area contributed by atoms with E-state index in [0.717, 1.165) is 32.4 Å². The van der Waals surface area contributed by atoms with E-state index >= 15 is 0 Å². The maximum Gasteiger partial charge on any atom is 0.253 e. The lowest BCUT2D eigenvalue weighted by Gasteiger charge is -2.23. The third-order valence-corrected chi connectivity index (χ3v) is 4.98. The number of anilines is 1. The van der Waals surface area contributed by atoms with Crippen molar-refractivity contribution < 1.29 is 9.18 Å². The maximum absolute atomic E-state index is 14.3. The Labute approximate surface area is 131 Å². The molecular weight excluding hydrogens is 281 g/mol. The second-order valence-electron chi connectivity index (χ2n) is 6.85. The van der Waals surface area contributed by atoms with Crippen LogP contribution >= 0.6 is 0 Å². The van der Waals surface area contributed by atoms with Crippen LogP contribution in [0.15, 0.2) is 18.2 Å². The van der Waals surface area contributed by atoms with Crippen LogP contribution in [0.5, 0.6) is 0 Å². The summed E-state index contributed by atoms with van der Waals surface area (Å²) < 4.78 is 14.3. The summed E-state index contributed by atoms with van der Waals surface area (Å²) in [6, 6.07) is 4.87. The number of benzene rings is 1. The van der Waals surface area contributed by atoms with E-state index in [9.17, 15) is 9.18 Å². The molecule has 1 amide bonds. The highest BCUT2D eigenvalue weighted by atomic mass is 19.1. The highest BCUT2D eigenvalue weighted by Gasteiger charge is 2.35. The molecule has 1 aromatic rings. The first-order valence-corrected chi connectivity index (χ1v) is 8.06. The van der Waals surface area contributed by atoms with Crippen LogP contribution < -0.4 is 10.6 Å². The van der Waals surface area contributed by atoms with Gasteiger partial charge in [0.05, 0.1) is 5.69 Å². The van der Waals surface area contributed by atoms with E-state index < -0.39 is 0 Å². The van der Waals surface area contributed by atoms with E-state index in [0.29, 0.717) is 30.9 Å². The van der Waals surface area contributed by atoms with Gasteiger partial charge in [0, 0.05) is 31.7 Å². The van der Waals surface area contributed by atoms with Crippen LogP contribution in [-0.4, -0.2) is 43.5 Å². The van der Waals surface area contributed by atoms with Crippen LogP contribution in [0.4, 0.5) is 10.1 Å². The first-order chi connectivity index (χ1) is 10.5. The molecule has 3 rings (SSSR count). The maximum atomic E-state index is 14.3. The molecule has 0 radical (unpaired) electrons. The molecule has 2 aliphatic rings. The molecule has 5 heteroatoms. The third-order valence-electron chi connectivity index (χ3n) is 4.98. The molecule has 0 aliphatic carbocycles. The normalized spacial score (nSPS) is 25.0. The fourth-order valence-electron chi connectivity index (χ4n) is 3.40. The summed E-state index contributed by atoms with van der Waals surface area (Å²) in [6.45, 7) is 5.80. The van der Waals surface area contributed by atoms with Gasteiger partial charge in [0.25, 0.3) is 5.91 Å². The van der Waals surface area contributed by atoms with E-state index in [1.165, 1.54) is 6.07 Å². The monoisotopic (exact) mass is 305 g/mol. The Hall–Kier alpha value is -1.62. The highest BCUT2D eigenvalue weighted by Crippen LogP contribution is 2.30. The molecule has 1 unspecified atom stereocenters. The van der Waals surface area contributed by atoms with Crippen molar-refractivity contribution in [2.45, 2.75) is 26.2 Å². The number of carbonyl (C=O) groups is 1. The smallest absolute Gasteiger partial charge is 0.253 e. The molecule has 0 saturated carbocycles. The Morgan fingerprint density at radius 3 is 2.64 bits per heavy atom. The van der Waals surface area contributed by atoms with E-state index in [1.807, 2.05) is 4.90 Å². The highest BCUT2D eigenvalue weighted by molar-refractivity contribution is 5.94. The van der Waals surface area contributed by atoms with Crippen molar-refractivity contribution in [3.05, 3.63) is 29.6 Å². The SMILES string of the molecule is CC1(CN)CCN(C(=O)c2ccc(N3CCCC3)c(F)c2)C1. The summed E-state index contributed by atoms with van der Waals surface area (Å²) in [5, 5.41) is 0. The average molecular weight is 305 g/mol. The van der Waals surface area contributed by atoms with Gasteiger partial charge in [0.1, 0.15) is 5.82 Å². The molecule has 2 heterocycles. The van der Waals surface area contributed by atoms with E-state index in [-0.39, 0.29) is 17.1 Å². The standard InChI is InChI=1S/C17H24FN3O/c1-17(11-19)6-9-21(12-17)16(22)13-4-5-15(14(18)10-13)20-7-2-3-8-20/h4-5,10H,2-3,6-9,11-12,19H2,1H3. The lowest BCUT2D eigenvalue weighted by Crippen LogP contribution is -2.34. The second-order valence-corrected chi connectivity index (χ2v) is 6.85. The van der Waals surface area contributed by atoms with Crippen molar-refractivity contribution in [3.63, 3.8) is 0 Å². The summed E-state index contributed by atoms with van der Waals surface area (Å²) >= 11 is 0. The van der Waals surface area contributed by atoms with Crippen LogP contribution in [0.3, 0.4) is 0 Å². The Kier molecular flexibility index (Phi) is 4.08. The second kappa shape index (κ2) is 5.88. The largest absolute Gasteiger partial charge is 0.369 e. The zero-order chi connectivity index (χ0) is 15.7. The Morgan fingerprint density at radius 1 is 1.32 bits per heavy atom. The topological polar surface area (TPSA) is 49.6 Å². The number of amides is 1. The lowest BCUT2D eigenvalue weighted by atomic mass is 9.90. The lowest BCUT2D eigenvalue weighted by molar-refractivity contribution is 0.0776. The van der Waals surface area contributed by atoms with Gasteiger partial charge >= 0.3 is 0 Å². The number of nitrogens with two attached hydrogens (primary N) is 1. The first-order valence-electron chi connectivity index (χ1n) is 8.06. The van der Waals surface area contributed by atoms with E-state index in [1.54, 1.807) is 17.0 Å². The summed E-state index contributed by atoms with van der Waals surface area (Å²) in [6.07, 6.45) is 3.11. The van der Waals surface area contributed by atoms with Crippen molar-refractivity contribution in [2.24, 2.45) is 11.1 Å². The van der Waals surface area contributed by atoms with E-state index in [2.05, 4.69) is 6.92 Å². The summed E-state index contributed by atoms with van der Waals surface area (Å²) in [7, 11) is 0. The Bertz CT molecular complexity index is 571. The van der Waals surface area contributed by atoms with Crippen molar-refractivity contribution in [1.82, 2.24) is 4.90 Å². The molecular formula is C17H24FN3O. The van der Waals surface area contributed by atoms with Crippen molar-refractivity contribution in [1.29, 1.82) is 0 Å². The summed E-state index contributed by atoms with van der Waals surface area (Å²) in [4.78, 5) is 16.4. The van der Waals surface area contributed by atoms with Gasteiger partial charge in [-0.25, -0.2) is 4.39 Å². The molecule has 2 aliphatic heterocycles. The number of carbonyl (C=O) groups excluding carboxylic acids is 1. The minimum atomic E-state index is -0.298. The van der Waals surface area contributed by atoms with Gasteiger partial charge in [-0.15, -0.1) is 0 Å². The third kappa shape index (κ3) is 2.82. The zero-order valence-electron chi connectivity index (χ0n) is 13.1. The fourth-order valence-corrected chi connectivity index (χ4v) is 3.40. The fraction of sp³-hybridized carbons (Fsp3) is 0.588. The Morgan fingerprint density at radius 2 is 2.05 bits per heavy atom. The number of hydrogen-bond acceptors (Lipinski definition) is 3. The predicted octanol–water partition coefficient (Wildman–Crippen LogP) is 2.24. The van der Waals surface area contributed by atoms with E-state index in [4.69, 9.17) is 5.73 Å². The van der Waals surface area contributed by atoms with Crippen molar-refractivity contribution in [3.8, 4) is 0 Å². The van der Waals surface area contributed by atoms with Crippen LogP contribution in [0.25, 0.3) is 0 Å². The minimum Gasteiger partial charge on any atom is -0.369 e. The van der Waals surface area contributed by atoms with Gasteiger partial charge in [-0.05, 0) is 49.4 Å². The van der Waals surface area contributed by atoms with Crippen molar-refractivity contribution >= 4 is 11.6 Å². The number of nitrogens with zero attached hydrogens (tertiary/aromatic N) is 2. The van der Waals surface area contributed by atoms with Gasteiger partial charge in [-0.1, -0.05) is 6.92 Å². The molecule has 2 N–H and O–H groups in total. The van der Waals surface area contributed by atoms with Crippen LogP contribution in [0.1, 0.15) is 36.5 Å². The van der Waals surface area contributed by atoms with Crippen LogP contribution in [0.2, 0.25) is 0 Å². The number of likely N-dealkylation sites (tertiary alicyclic amines) is 1. The molecule has 0 bridgehead atoms. The quantitative estimate of drug-likeness (QED) is 0.931. The molecule has 2 saturated heterocycles. The number of halogens is 1. The molecule has 1 aromatic carbocycles. The molecule has 4 nitrogen and oxygen atoms in total. The summed E-state index contributed by atoms with van der Waals surface area (Å²) in [5.41, 5.74) is 6.81. The van der Waals surface area contributed by atoms with Crippen LogP contribution in [0, 0.1) is 11.2 Å². The van der Waals surface area contributed by atoms with Gasteiger partial charge in [0.15, 0.2) is 0 Å². The molecule has 1 atom stereocenters. The van der Waals surface area contributed by atoms with Gasteiger partial charge in [-0.3, -0.25) is 4.79 Å². The summed E-state index contributed by atoms with van der Waals surface area (Å²) in [5.74, 6) is -0.391. The predicted molar refractivity (Wildman–Crippen MR) is 85.5 cm³/mol. The van der Waals surface area contributed by atoms with Gasteiger partial charge in [0.2, 0.25) is 0 Å². The first kappa shape index (κ1) is 15.3. The average Bonchev–Trinajstić information content (AvgIpc) is 3.17. The molecule has 22 heavy (non-hydrogen) atoms. The van der Waals surface area contributed by atoms with Gasteiger partial charge < -0.3 is 15.5 Å². The minimum absolute atomic E-state index is 0.0102. The number of rotatable bonds is 3. The van der Waals surface area contributed by atoms with Crippen LogP contribution in [-0.2, 0) is 0 Å². The number of hydrogen-bond donors (Lipinski definition) is 1. The van der Waals surface area contributed by atoms with Crippen molar-refractivity contribution in [2.75, 3.05) is 37.6 Å². The molecule has 0 spiro atoms. The zero-order valence-corrected chi connectivity index (χ0v) is 13.1. The molecule has 120 valence electrons. The Balaban J connectivity index is 1.75. The van der Waals surface area contributed by atoms with Gasteiger partial charge in [-0.2, -0.15) is 0 Å². The molecule has 0 aromatic heterocycles. The molecule has 2 fully saturated rings.